The molecular formula is C30H34N6O3. The van der Waals surface area contributed by atoms with Gasteiger partial charge in [-0.1, -0.05) is 55.5 Å². The quantitative estimate of drug-likeness (QED) is 0.313. The molecule has 2 N–H and O–H groups in total. The van der Waals surface area contributed by atoms with Gasteiger partial charge in [-0.25, -0.2) is 4.68 Å². The van der Waals surface area contributed by atoms with Crippen LogP contribution in [-0.2, 0) is 20.9 Å². The summed E-state index contributed by atoms with van der Waals surface area (Å²) in [4.78, 5) is 41.0. The van der Waals surface area contributed by atoms with Crippen molar-refractivity contribution >= 4 is 40.1 Å². The highest BCUT2D eigenvalue weighted by Crippen LogP contribution is 2.31. The normalized spacial score (nSPS) is 11.8. The second kappa shape index (κ2) is 12.3. The summed E-state index contributed by atoms with van der Waals surface area (Å²) in [6.45, 7) is 7.94. The van der Waals surface area contributed by atoms with Crippen molar-refractivity contribution in [2.45, 2.75) is 46.7 Å². The van der Waals surface area contributed by atoms with E-state index in [0.717, 1.165) is 23.1 Å². The minimum absolute atomic E-state index is 0.115. The van der Waals surface area contributed by atoms with Crippen LogP contribution in [0.3, 0.4) is 0 Å². The molecule has 0 aliphatic heterocycles. The molecule has 9 nitrogen and oxygen atoms in total. The summed E-state index contributed by atoms with van der Waals surface area (Å²) >= 11 is 0. The third-order valence-corrected chi connectivity index (χ3v) is 6.45. The molecule has 0 radical (unpaired) electrons. The summed E-state index contributed by atoms with van der Waals surface area (Å²) in [5.41, 5.74) is 4.13. The maximum Gasteiger partial charge on any atom is 0.249 e. The number of fused-ring (bicyclic) bond motifs is 1. The second-order valence-electron chi connectivity index (χ2n) is 9.96. The van der Waals surface area contributed by atoms with Gasteiger partial charge in [-0.2, -0.15) is 0 Å². The molecule has 1 aromatic heterocycles. The first kappa shape index (κ1) is 27.5. The zero-order valence-corrected chi connectivity index (χ0v) is 22.7. The minimum atomic E-state index is -0.924. The van der Waals surface area contributed by atoms with Gasteiger partial charge in [0.2, 0.25) is 17.7 Å². The second-order valence-corrected chi connectivity index (χ2v) is 9.96. The Balaban J connectivity index is 1.78. The number of nitrogens with one attached hydrogen (secondary N) is 2. The molecule has 4 rings (SSSR count). The highest BCUT2D eigenvalue weighted by molar-refractivity contribution is 6.02. The summed E-state index contributed by atoms with van der Waals surface area (Å²) in [5, 5.41) is 14.2. The van der Waals surface area contributed by atoms with Crippen LogP contribution in [0, 0.1) is 12.8 Å². The fourth-order valence-corrected chi connectivity index (χ4v) is 4.46. The third kappa shape index (κ3) is 6.67. The summed E-state index contributed by atoms with van der Waals surface area (Å²) in [7, 11) is 0. The molecule has 1 atom stereocenters. The lowest BCUT2D eigenvalue weighted by atomic mass is 9.98. The zero-order valence-electron chi connectivity index (χ0n) is 22.7. The van der Waals surface area contributed by atoms with Crippen LogP contribution in [0.4, 0.5) is 11.4 Å². The van der Waals surface area contributed by atoms with Crippen molar-refractivity contribution in [3.8, 4) is 0 Å². The van der Waals surface area contributed by atoms with Crippen LogP contribution < -0.4 is 15.5 Å². The molecular weight excluding hydrogens is 492 g/mol. The van der Waals surface area contributed by atoms with Gasteiger partial charge in [0.05, 0.1) is 5.52 Å². The molecule has 3 aromatic carbocycles. The van der Waals surface area contributed by atoms with Gasteiger partial charge in [0.15, 0.2) is 0 Å². The van der Waals surface area contributed by atoms with Crippen molar-refractivity contribution in [2.75, 3.05) is 16.8 Å². The Hall–Kier alpha value is -4.53. The van der Waals surface area contributed by atoms with Crippen LogP contribution >= 0.6 is 0 Å². The summed E-state index contributed by atoms with van der Waals surface area (Å²) in [5.74, 6) is -0.379. The first-order valence-electron chi connectivity index (χ1n) is 13.1. The molecule has 3 amide bonds. The van der Waals surface area contributed by atoms with E-state index in [2.05, 4.69) is 34.8 Å². The highest BCUT2D eigenvalue weighted by atomic mass is 16.2. The Kier molecular flexibility index (Phi) is 8.70. The van der Waals surface area contributed by atoms with Gasteiger partial charge in [-0.05, 0) is 66.8 Å². The van der Waals surface area contributed by atoms with Crippen LogP contribution in [0.25, 0.3) is 11.0 Å². The van der Waals surface area contributed by atoms with Gasteiger partial charge in [0, 0.05) is 24.8 Å². The number of amides is 3. The summed E-state index contributed by atoms with van der Waals surface area (Å²) in [6, 6.07) is 21.0. The average Bonchev–Trinajstić information content (AvgIpc) is 3.30. The average molecular weight is 527 g/mol. The van der Waals surface area contributed by atoms with Crippen LogP contribution in [0.15, 0.2) is 72.8 Å². The number of anilines is 2. The molecule has 0 fully saturated rings. The van der Waals surface area contributed by atoms with E-state index in [4.69, 9.17) is 0 Å². The van der Waals surface area contributed by atoms with E-state index in [1.165, 1.54) is 11.8 Å². The SMILES string of the molecule is CC(=O)Nc1ccc(N(C(=O)Cn2nnc3ccccc32)C(C(=O)NCCC(C)C)c2ccccc2C)cc1. The molecule has 1 heterocycles. The van der Waals surface area contributed by atoms with Crippen LogP contribution in [0.1, 0.15) is 44.4 Å². The maximum absolute atomic E-state index is 14.1. The topological polar surface area (TPSA) is 109 Å². The third-order valence-electron chi connectivity index (χ3n) is 6.45. The first-order chi connectivity index (χ1) is 18.7. The summed E-state index contributed by atoms with van der Waals surface area (Å²) < 4.78 is 1.54. The van der Waals surface area contributed by atoms with Gasteiger partial charge < -0.3 is 10.6 Å². The molecule has 0 saturated carbocycles. The number of hydrogen-bond donors (Lipinski definition) is 2. The van der Waals surface area contributed by atoms with Gasteiger partial charge >= 0.3 is 0 Å². The number of carbonyl (C=O) groups is 3. The van der Waals surface area contributed by atoms with E-state index < -0.39 is 6.04 Å². The molecule has 0 aliphatic rings. The molecule has 202 valence electrons. The van der Waals surface area contributed by atoms with Crippen molar-refractivity contribution < 1.29 is 14.4 Å². The maximum atomic E-state index is 14.1. The fourth-order valence-electron chi connectivity index (χ4n) is 4.46. The number of rotatable bonds is 10. The van der Waals surface area contributed by atoms with E-state index in [-0.39, 0.29) is 24.3 Å². The van der Waals surface area contributed by atoms with Gasteiger partial charge in [0.1, 0.15) is 18.1 Å². The molecule has 1 unspecified atom stereocenters. The minimum Gasteiger partial charge on any atom is -0.354 e. The Labute approximate surface area is 228 Å². The van der Waals surface area contributed by atoms with Gasteiger partial charge in [0.25, 0.3) is 0 Å². The molecule has 9 heteroatoms. The zero-order chi connectivity index (χ0) is 27.9. The smallest absolute Gasteiger partial charge is 0.249 e. The molecule has 0 saturated heterocycles. The van der Waals surface area contributed by atoms with Crippen molar-refractivity contribution in [1.82, 2.24) is 20.3 Å². The Morgan fingerprint density at radius 2 is 1.64 bits per heavy atom. The Morgan fingerprint density at radius 1 is 0.949 bits per heavy atom. The molecule has 39 heavy (non-hydrogen) atoms. The highest BCUT2D eigenvalue weighted by Gasteiger charge is 2.34. The molecule has 0 bridgehead atoms. The van der Waals surface area contributed by atoms with E-state index in [1.807, 2.05) is 55.5 Å². The van der Waals surface area contributed by atoms with E-state index >= 15 is 0 Å². The lowest BCUT2D eigenvalue weighted by Crippen LogP contribution is -2.46. The van der Waals surface area contributed by atoms with Gasteiger partial charge in [-0.3, -0.25) is 19.3 Å². The predicted octanol–water partition coefficient (Wildman–Crippen LogP) is 4.63. The number of para-hydroxylation sites is 1. The summed E-state index contributed by atoms with van der Waals surface area (Å²) in [6.07, 6.45) is 0.816. The molecule has 0 aliphatic carbocycles. The van der Waals surface area contributed by atoms with Crippen LogP contribution in [-0.4, -0.2) is 39.3 Å². The van der Waals surface area contributed by atoms with E-state index in [0.29, 0.717) is 29.4 Å². The number of hydrogen-bond acceptors (Lipinski definition) is 5. The van der Waals surface area contributed by atoms with Crippen molar-refractivity contribution in [3.63, 3.8) is 0 Å². The number of nitrogens with zero attached hydrogens (tertiary/aromatic N) is 4. The Morgan fingerprint density at radius 3 is 2.33 bits per heavy atom. The number of benzene rings is 3. The van der Waals surface area contributed by atoms with Crippen LogP contribution in [0.5, 0.6) is 0 Å². The van der Waals surface area contributed by atoms with Crippen molar-refractivity contribution in [1.29, 1.82) is 0 Å². The monoisotopic (exact) mass is 526 g/mol. The molecule has 4 aromatic rings. The number of aryl methyl sites for hydroxylation is 1. The number of carbonyl (C=O) groups excluding carboxylic acids is 3. The van der Waals surface area contributed by atoms with Gasteiger partial charge in [-0.15, -0.1) is 5.10 Å². The largest absolute Gasteiger partial charge is 0.354 e. The number of aromatic nitrogens is 3. The van der Waals surface area contributed by atoms with E-state index in [9.17, 15) is 14.4 Å². The standard InChI is InChI=1S/C30H34N6O3/c1-20(2)17-18-31-30(39)29(25-10-6-5-9-21(25)3)36(24-15-13-23(14-16-24)32-22(4)37)28(38)19-35-27-12-8-7-11-26(27)33-34-35/h5-16,20,29H,17-19H2,1-4H3,(H,31,39)(H,32,37). The van der Waals surface area contributed by atoms with Crippen molar-refractivity contribution in [3.05, 3.63) is 83.9 Å². The van der Waals surface area contributed by atoms with Crippen molar-refractivity contribution in [2.24, 2.45) is 5.92 Å². The first-order valence-corrected chi connectivity index (χ1v) is 13.1. The lowest BCUT2D eigenvalue weighted by molar-refractivity contribution is -0.127. The fraction of sp³-hybridized carbons (Fsp3) is 0.300. The predicted molar refractivity (Wildman–Crippen MR) is 152 cm³/mol. The van der Waals surface area contributed by atoms with Crippen LogP contribution in [0.2, 0.25) is 0 Å². The van der Waals surface area contributed by atoms with E-state index in [1.54, 1.807) is 28.9 Å². The molecule has 0 spiro atoms. The lowest BCUT2D eigenvalue weighted by Gasteiger charge is -2.32. The Bertz CT molecular complexity index is 1460.